The number of para-hydroxylation sites is 1. The first-order valence-electron chi connectivity index (χ1n) is 21.6. The standard InChI is InChI=1S/C26H29ClN4O7.C23H24ClN3O4/c1-5-13-38-25(35)17-11-12-18(27)19(14-17)28-21(32)20(31-23(34)24(37-4)30(3)26(31)36)22(33)29(2)15-16-9-7-6-8-10-16;1-14-10-11-16(24)17(12-14)25-20(29)19(27-18(28)13-23(2,3)22(27)31)21(30)26(4)15-8-6-5-7-9-15/h6-12,14,20,24H,5,13,15H2,1-4H3,(H,28,32);5-12,19H,13H2,1-4H3,(H,25,29). The second-order valence-electron chi connectivity index (χ2n) is 16.8. The van der Waals surface area contributed by atoms with Crippen LogP contribution in [0.4, 0.5) is 21.9 Å². The fourth-order valence-electron chi connectivity index (χ4n) is 7.33. The molecule has 4 aromatic rings. The number of ether oxygens (including phenoxy) is 2. The van der Waals surface area contributed by atoms with E-state index in [9.17, 15) is 43.2 Å². The Hall–Kier alpha value is -7.15. The van der Waals surface area contributed by atoms with Gasteiger partial charge in [-0.15, -0.1) is 0 Å². The third-order valence-corrected chi connectivity index (χ3v) is 11.7. The molecule has 3 unspecified atom stereocenters. The third-order valence-electron chi connectivity index (χ3n) is 11.1. The van der Waals surface area contributed by atoms with Crippen molar-refractivity contribution in [1.82, 2.24) is 19.6 Å². The minimum Gasteiger partial charge on any atom is -0.462 e. The fraction of sp³-hybridized carbons (Fsp3) is 0.327. The topological polar surface area (TPSA) is 212 Å². The number of likely N-dealkylation sites (tertiary alicyclic amines) is 1. The van der Waals surface area contributed by atoms with Gasteiger partial charge in [-0.05, 0) is 66.9 Å². The molecule has 6 rings (SSSR count). The molecule has 0 aromatic heterocycles. The number of anilines is 3. The Morgan fingerprint density at radius 3 is 1.87 bits per heavy atom. The van der Waals surface area contributed by atoms with Crippen LogP contribution in [0.5, 0.6) is 0 Å². The maximum Gasteiger partial charge on any atom is 0.338 e. The fourth-order valence-corrected chi connectivity index (χ4v) is 7.66. The molecule has 2 N–H and O–H groups in total. The Kier molecular flexibility index (Phi) is 17.4. The molecule has 0 aliphatic carbocycles. The van der Waals surface area contributed by atoms with Crippen LogP contribution >= 0.6 is 23.2 Å². The lowest BCUT2D eigenvalue weighted by molar-refractivity contribution is -0.151. The summed E-state index contributed by atoms with van der Waals surface area (Å²) in [4.78, 5) is 123. The van der Waals surface area contributed by atoms with Crippen molar-refractivity contribution in [2.24, 2.45) is 5.41 Å². The zero-order chi connectivity index (χ0) is 50.9. The molecule has 69 heavy (non-hydrogen) atoms. The molecule has 20 heteroatoms. The lowest BCUT2D eigenvalue weighted by Gasteiger charge is -2.29. The summed E-state index contributed by atoms with van der Waals surface area (Å²) in [5.74, 6) is -5.95. The van der Waals surface area contributed by atoms with Gasteiger partial charge in [-0.3, -0.25) is 43.4 Å². The average Bonchev–Trinajstić information content (AvgIpc) is 3.66. The number of urea groups is 1. The molecular formula is C49H53Cl2N7O11. The summed E-state index contributed by atoms with van der Waals surface area (Å²) in [5.41, 5.74) is 1.56. The first-order chi connectivity index (χ1) is 32.6. The number of amides is 9. The number of hydrogen-bond acceptors (Lipinski definition) is 11. The van der Waals surface area contributed by atoms with Crippen molar-refractivity contribution < 1.29 is 52.6 Å². The Labute approximate surface area is 409 Å². The molecular weight excluding hydrogens is 933 g/mol. The van der Waals surface area contributed by atoms with E-state index >= 15 is 0 Å². The molecule has 2 aliphatic rings. The van der Waals surface area contributed by atoms with Crippen molar-refractivity contribution in [2.45, 2.75) is 65.4 Å². The minimum atomic E-state index is -1.88. The number of imide groups is 2. The molecule has 2 saturated heterocycles. The zero-order valence-corrected chi connectivity index (χ0v) is 40.8. The summed E-state index contributed by atoms with van der Waals surface area (Å²) in [6, 6.07) is 22.4. The molecule has 18 nitrogen and oxygen atoms in total. The maximum atomic E-state index is 13.6. The smallest absolute Gasteiger partial charge is 0.338 e. The molecule has 2 fully saturated rings. The van der Waals surface area contributed by atoms with E-state index < -0.39 is 77.1 Å². The number of aryl methyl sites for hydroxylation is 1. The predicted molar refractivity (Wildman–Crippen MR) is 257 cm³/mol. The summed E-state index contributed by atoms with van der Waals surface area (Å²) >= 11 is 12.4. The highest BCUT2D eigenvalue weighted by Gasteiger charge is 2.53. The number of nitrogens with one attached hydrogen (secondary N) is 2. The average molecular weight is 987 g/mol. The van der Waals surface area contributed by atoms with Crippen LogP contribution in [-0.2, 0) is 49.6 Å². The molecule has 0 radical (unpaired) electrons. The van der Waals surface area contributed by atoms with E-state index in [1.807, 2.05) is 19.9 Å². The Morgan fingerprint density at radius 2 is 1.33 bits per heavy atom. The second-order valence-corrected chi connectivity index (χ2v) is 17.6. The number of carbonyl (C=O) groups is 9. The highest BCUT2D eigenvalue weighted by molar-refractivity contribution is 6.35. The van der Waals surface area contributed by atoms with Crippen molar-refractivity contribution in [2.75, 3.05) is 50.4 Å². The van der Waals surface area contributed by atoms with Crippen LogP contribution in [0.25, 0.3) is 0 Å². The highest BCUT2D eigenvalue weighted by atomic mass is 35.5. The zero-order valence-electron chi connectivity index (χ0n) is 39.3. The molecule has 0 bridgehead atoms. The molecule has 0 saturated carbocycles. The lowest BCUT2D eigenvalue weighted by atomic mass is 9.92. The number of methoxy groups -OCH3 is 1. The largest absolute Gasteiger partial charge is 0.462 e. The van der Waals surface area contributed by atoms with Crippen LogP contribution < -0.4 is 15.5 Å². The summed E-state index contributed by atoms with van der Waals surface area (Å²) in [5, 5.41) is 5.46. The Balaban J connectivity index is 0.000000263. The van der Waals surface area contributed by atoms with E-state index in [1.54, 1.807) is 86.6 Å². The van der Waals surface area contributed by atoms with Crippen LogP contribution in [0.1, 0.15) is 55.1 Å². The molecule has 9 amide bonds. The van der Waals surface area contributed by atoms with Gasteiger partial charge in [0.15, 0.2) is 12.1 Å². The van der Waals surface area contributed by atoms with Gasteiger partial charge in [0.25, 0.3) is 29.5 Å². The van der Waals surface area contributed by atoms with E-state index in [0.717, 1.165) is 20.9 Å². The lowest BCUT2D eigenvalue weighted by Crippen LogP contribution is -2.56. The van der Waals surface area contributed by atoms with Crippen molar-refractivity contribution in [3.8, 4) is 0 Å². The molecule has 364 valence electrons. The summed E-state index contributed by atoms with van der Waals surface area (Å²) < 4.78 is 10.2. The minimum absolute atomic E-state index is 0.00173. The van der Waals surface area contributed by atoms with Gasteiger partial charge in [-0.25, -0.2) is 14.5 Å². The van der Waals surface area contributed by atoms with Crippen molar-refractivity contribution in [3.05, 3.63) is 124 Å². The second kappa shape index (κ2) is 22.8. The van der Waals surface area contributed by atoms with E-state index in [-0.39, 0.29) is 40.9 Å². The number of carbonyl (C=O) groups excluding carboxylic acids is 9. The van der Waals surface area contributed by atoms with E-state index in [4.69, 9.17) is 32.7 Å². The number of nitrogens with zero attached hydrogens (tertiary/aromatic N) is 5. The van der Waals surface area contributed by atoms with Crippen molar-refractivity contribution in [1.29, 1.82) is 0 Å². The molecule has 4 aromatic carbocycles. The van der Waals surface area contributed by atoms with Gasteiger partial charge < -0.3 is 29.9 Å². The van der Waals surface area contributed by atoms with Crippen LogP contribution in [0.3, 0.4) is 0 Å². The molecule has 2 heterocycles. The van der Waals surface area contributed by atoms with Gasteiger partial charge in [-0.2, -0.15) is 0 Å². The number of halogens is 2. The summed E-state index contributed by atoms with van der Waals surface area (Å²) in [6.45, 7) is 7.23. The Morgan fingerprint density at radius 1 is 0.783 bits per heavy atom. The summed E-state index contributed by atoms with van der Waals surface area (Å²) in [6.07, 6.45) is -0.758. The SMILES string of the molecule is CCCOC(=O)c1ccc(Cl)c(NC(=O)C(C(=O)N(C)Cc2ccccc2)N2C(=O)C(OC)N(C)C2=O)c1.Cc1ccc(Cl)c(NC(=O)C(C(=O)N(C)c2ccccc2)N2C(=O)CC(C)(C)C2=O)c1. The van der Waals surface area contributed by atoms with Crippen LogP contribution in [-0.4, -0.2) is 126 Å². The van der Waals surface area contributed by atoms with Gasteiger partial charge in [0.05, 0.1) is 39.0 Å². The highest BCUT2D eigenvalue weighted by Crippen LogP contribution is 2.35. The monoisotopic (exact) mass is 985 g/mol. The van der Waals surface area contributed by atoms with Crippen molar-refractivity contribution in [3.63, 3.8) is 0 Å². The van der Waals surface area contributed by atoms with Crippen LogP contribution in [0, 0.1) is 12.3 Å². The number of hydrogen-bond donors (Lipinski definition) is 2. The van der Waals surface area contributed by atoms with Crippen LogP contribution in [0.2, 0.25) is 10.0 Å². The number of likely N-dealkylation sites (N-methyl/N-ethyl adjacent to an activating group) is 3. The quantitative estimate of drug-likeness (QED) is 0.0598. The van der Waals surface area contributed by atoms with E-state index in [2.05, 4.69) is 10.6 Å². The first kappa shape index (κ1) is 52.8. The van der Waals surface area contributed by atoms with Crippen molar-refractivity contribution >= 4 is 93.6 Å². The number of rotatable bonds is 15. The van der Waals surface area contributed by atoms with Gasteiger partial charge in [-0.1, -0.05) is 98.6 Å². The number of benzene rings is 4. The first-order valence-corrected chi connectivity index (χ1v) is 22.3. The molecule has 3 atom stereocenters. The normalized spacial score (nSPS) is 16.0. The predicted octanol–water partition coefficient (Wildman–Crippen LogP) is 6.14. The van der Waals surface area contributed by atoms with Crippen LogP contribution in [0.15, 0.2) is 97.1 Å². The van der Waals surface area contributed by atoms with E-state index in [1.165, 1.54) is 56.3 Å². The third kappa shape index (κ3) is 12.1. The van der Waals surface area contributed by atoms with Gasteiger partial charge >= 0.3 is 12.0 Å². The Bertz CT molecular complexity index is 2630. The number of esters is 1. The molecule has 0 spiro atoms. The van der Waals surface area contributed by atoms with Gasteiger partial charge in [0, 0.05) is 46.9 Å². The van der Waals surface area contributed by atoms with E-state index in [0.29, 0.717) is 22.7 Å². The van der Waals surface area contributed by atoms with Gasteiger partial charge in [0.2, 0.25) is 18.0 Å². The molecule has 2 aliphatic heterocycles. The van der Waals surface area contributed by atoms with Gasteiger partial charge in [0.1, 0.15) is 0 Å². The summed E-state index contributed by atoms with van der Waals surface area (Å²) in [7, 11) is 5.50. The maximum absolute atomic E-state index is 13.6.